The Kier molecular flexibility index (Phi) is 7.77. The molecule has 0 aliphatic rings. The monoisotopic (exact) mass is 180 g/mol. The van der Waals surface area contributed by atoms with Gasteiger partial charge >= 0.3 is 0 Å². The third kappa shape index (κ3) is 7.83. The number of allylic oxidation sites excluding steroid dienone is 4. The molecule has 0 saturated heterocycles. The Hall–Kier alpha value is -0.520. The maximum atomic E-state index is 2.38. The molecule has 0 aromatic heterocycles. The lowest BCUT2D eigenvalue weighted by Crippen LogP contribution is -1.85. The van der Waals surface area contributed by atoms with Crippen molar-refractivity contribution in [1.29, 1.82) is 0 Å². The summed E-state index contributed by atoms with van der Waals surface area (Å²) in [5.41, 5.74) is 1.49. The van der Waals surface area contributed by atoms with E-state index in [2.05, 4.69) is 45.9 Å². The summed E-state index contributed by atoms with van der Waals surface area (Å²) in [7, 11) is 0. The Morgan fingerprint density at radius 2 is 1.92 bits per heavy atom. The summed E-state index contributed by atoms with van der Waals surface area (Å²) >= 11 is 0. The van der Waals surface area contributed by atoms with Gasteiger partial charge in [-0.25, -0.2) is 0 Å². The summed E-state index contributed by atoms with van der Waals surface area (Å²) in [4.78, 5) is 0. The van der Waals surface area contributed by atoms with Gasteiger partial charge in [0.15, 0.2) is 0 Å². The fraction of sp³-hybridized carbons (Fsp3) is 0.692. The van der Waals surface area contributed by atoms with Crippen molar-refractivity contribution in [1.82, 2.24) is 0 Å². The molecule has 0 saturated carbocycles. The van der Waals surface area contributed by atoms with Crippen LogP contribution in [0.1, 0.15) is 53.4 Å². The summed E-state index contributed by atoms with van der Waals surface area (Å²) in [6.07, 6.45) is 11.7. The highest BCUT2D eigenvalue weighted by Gasteiger charge is 1.92. The molecule has 0 heteroatoms. The molecular weight excluding hydrogens is 156 g/mol. The zero-order valence-electron chi connectivity index (χ0n) is 9.64. The van der Waals surface area contributed by atoms with Gasteiger partial charge in [-0.15, -0.1) is 0 Å². The fourth-order valence-electron chi connectivity index (χ4n) is 1.20. The average molecular weight is 180 g/mol. The first-order chi connectivity index (χ1) is 6.20. The SMILES string of the molecule is CC/C=C\C(=C/CCC(C)C)CC. The third-order valence-electron chi connectivity index (χ3n) is 2.13. The molecule has 0 spiro atoms. The fourth-order valence-corrected chi connectivity index (χ4v) is 1.20. The molecule has 0 aliphatic carbocycles. The van der Waals surface area contributed by atoms with Crippen molar-refractivity contribution in [2.75, 3.05) is 0 Å². The van der Waals surface area contributed by atoms with E-state index in [1.165, 1.54) is 18.4 Å². The van der Waals surface area contributed by atoms with Crippen LogP contribution in [0.4, 0.5) is 0 Å². The van der Waals surface area contributed by atoms with Crippen LogP contribution in [0.3, 0.4) is 0 Å². The molecule has 0 N–H and O–H groups in total. The van der Waals surface area contributed by atoms with Crippen LogP contribution in [-0.4, -0.2) is 0 Å². The van der Waals surface area contributed by atoms with Gasteiger partial charge in [0.25, 0.3) is 0 Å². The largest absolute Gasteiger partial charge is 0.0845 e. The second kappa shape index (κ2) is 8.10. The van der Waals surface area contributed by atoms with Crippen molar-refractivity contribution in [3.63, 3.8) is 0 Å². The molecule has 13 heavy (non-hydrogen) atoms. The molecule has 0 unspecified atom stereocenters. The van der Waals surface area contributed by atoms with E-state index < -0.39 is 0 Å². The van der Waals surface area contributed by atoms with Crippen molar-refractivity contribution in [3.05, 3.63) is 23.8 Å². The quantitative estimate of drug-likeness (QED) is 0.519. The highest BCUT2D eigenvalue weighted by atomic mass is 14.0. The molecule has 0 aromatic rings. The predicted molar refractivity (Wildman–Crippen MR) is 61.9 cm³/mol. The van der Waals surface area contributed by atoms with Crippen molar-refractivity contribution in [2.45, 2.75) is 53.4 Å². The second-order valence-electron chi connectivity index (χ2n) is 3.91. The van der Waals surface area contributed by atoms with Crippen LogP contribution in [0.2, 0.25) is 0 Å². The van der Waals surface area contributed by atoms with E-state index in [0.29, 0.717) is 0 Å². The van der Waals surface area contributed by atoms with E-state index in [1.54, 1.807) is 0 Å². The first kappa shape index (κ1) is 12.5. The van der Waals surface area contributed by atoms with Crippen molar-refractivity contribution in [3.8, 4) is 0 Å². The minimum absolute atomic E-state index is 0.824. The Labute approximate surface area is 83.7 Å². The van der Waals surface area contributed by atoms with Crippen molar-refractivity contribution in [2.24, 2.45) is 5.92 Å². The van der Waals surface area contributed by atoms with Crippen LogP contribution < -0.4 is 0 Å². The van der Waals surface area contributed by atoms with E-state index in [4.69, 9.17) is 0 Å². The molecule has 0 radical (unpaired) electrons. The number of hydrogen-bond acceptors (Lipinski definition) is 0. The highest BCUT2D eigenvalue weighted by Crippen LogP contribution is 2.09. The van der Waals surface area contributed by atoms with Gasteiger partial charge < -0.3 is 0 Å². The number of rotatable bonds is 6. The molecule has 0 rings (SSSR count). The van der Waals surface area contributed by atoms with Crippen LogP contribution in [0.5, 0.6) is 0 Å². The molecular formula is C13H24. The molecule has 0 heterocycles. The van der Waals surface area contributed by atoms with Crippen molar-refractivity contribution >= 4 is 0 Å². The zero-order chi connectivity index (χ0) is 10.1. The Morgan fingerprint density at radius 3 is 2.38 bits per heavy atom. The van der Waals surface area contributed by atoms with Crippen LogP contribution in [0.25, 0.3) is 0 Å². The third-order valence-corrected chi connectivity index (χ3v) is 2.13. The normalized spacial score (nSPS) is 13.2. The van der Waals surface area contributed by atoms with Crippen molar-refractivity contribution < 1.29 is 0 Å². The Balaban J connectivity index is 3.85. The summed E-state index contributed by atoms with van der Waals surface area (Å²) in [6.45, 7) is 8.96. The van der Waals surface area contributed by atoms with E-state index in [9.17, 15) is 0 Å². The predicted octanol–water partition coefficient (Wildman–Crippen LogP) is 4.73. The summed E-state index contributed by atoms with van der Waals surface area (Å²) in [6, 6.07) is 0. The lowest BCUT2D eigenvalue weighted by atomic mass is 10.1. The smallest absolute Gasteiger partial charge is 0.0311 e. The second-order valence-corrected chi connectivity index (χ2v) is 3.91. The topological polar surface area (TPSA) is 0 Å². The molecule has 76 valence electrons. The molecule has 0 aliphatic heterocycles. The lowest BCUT2D eigenvalue weighted by molar-refractivity contribution is 0.593. The van der Waals surface area contributed by atoms with Crippen LogP contribution in [0, 0.1) is 5.92 Å². The Bertz CT molecular complexity index is 161. The van der Waals surface area contributed by atoms with Gasteiger partial charge in [0.1, 0.15) is 0 Å². The maximum absolute atomic E-state index is 2.38. The Morgan fingerprint density at radius 1 is 1.23 bits per heavy atom. The number of hydrogen-bond donors (Lipinski definition) is 0. The molecule has 0 atom stereocenters. The van der Waals surface area contributed by atoms with Gasteiger partial charge in [-0.2, -0.15) is 0 Å². The molecule has 0 aromatic carbocycles. The average Bonchev–Trinajstić information content (AvgIpc) is 2.10. The van der Waals surface area contributed by atoms with Crippen LogP contribution in [-0.2, 0) is 0 Å². The maximum Gasteiger partial charge on any atom is -0.0311 e. The first-order valence-corrected chi connectivity index (χ1v) is 5.56. The minimum atomic E-state index is 0.824. The van der Waals surface area contributed by atoms with E-state index in [1.807, 2.05) is 0 Å². The van der Waals surface area contributed by atoms with Gasteiger partial charge in [-0.1, -0.05) is 51.5 Å². The van der Waals surface area contributed by atoms with E-state index in [-0.39, 0.29) is 0 Å². The van der Waals surface area contributed by atoms with Crippen LogP contribution in [0.15, 0.2) is 23.8 Å². The minimum Gasteiger partial charge on any atom is -0.0845 e. The summed E-state index contributed by atoms with van der Waals surface area (Å²) < 4.78 is 0. The van der Waals surface area contributed by atoms with Gasteiger partial charge in [0.05, 0.1) is 0 Å². The summed E-state index contributed by atoms with van der Waals surface area (Å²) in [5.74, 6) is 0.824. The molecule has 0 nitrogen and oxygen atoms in total. The van der Waals surface area contributed by atoms with Gasteiger partial charge in [-0.05, 0) is 31.6 Å². The zero-order valence-corrected chi connectivity index (χ0v) is 9.64. The highest BCUT2D eigenvalue weighted by molar-refractivity contribution is 5.17. The van der Waals surface area contributed by atoms with Crippen LogP contribution >= 0.6 is 0 Å². The molecule has 0 bridgehead atoms. The van der Waals surface area contributed by atoms with Gasteiger partial charge in [0, 0.05) is 0 Å². The van der Waals surface area contributed by atoms with E-state index in [0.717, 1.165) is 18.8 Å². The molecule has 0 fully saturated rings. The first-order valence-electron chi connectivity index (χ1n) is 5.56. The molecule has 0 amide bonds. The standard InChI is InChI=1S/C13H24/c1-5-7-10-13(6-2)11-8-9-12(3)4/h7,10-12H,5-6,8-9H2,1-4H3/b10-7-,13-11-. The van der Waals surface area contributed by atoms with E-state index >= 15 is 0 Å². The summed E-state index contributed by atoms with van der Waals surface area (Å²) in [5, 5.41) is 0. The van der Waals surface area contributed by atoms with Gasteiger partial charge in [0.2, 0.25) is 0 Å². The van der Waals surface area contributed by atoms with Gasteiger partial charge in [-0.3, -0.25) is 0 Å². The lowest BCUT2D eigenvalue weighted by Gasteiger charge is -2.01.